The van der Waals surface area contributed by atoms with E-state index >= 15 is 0 Å². The van der Waals surface area contributed by atoms with Crippen LogP contribution in [0.1, 0.15) is 43.3 Å². The molecule has 0 aromatic carbocycles. The third-order valence-corrected chi connectivity index (χ3v) is 2.19. The molecule has 1 aromatic rings. The van der Waals surface area contributed by atoms with Crippen LogP contribution in [0.25, 0.3) is 0 Å². The lowest BCUT2D eigenvalue weighted by Gasteiger charge is -2.17. The second kappa shape index (κ2) is 5.16. The first kappa shape index (κ1) is 12.8. The van der Waals surface area contributed by atoms with Crippen molar-refractivity contribution in [3.05, 3.63) is 23.7 Å². The van der Waals surface area contributed by atoms with Crippen LogP contribution in [-0.2, 0) is 11.3 Å². The van der Waals surface area contributed by atoms with Crippen LogP contribution >= 0.6 is 0 Å². The van der Waals surface area contributed by atoms with Crippen molar-refractivity contribution in [1.29, 1.82) is 0 Å². The predicted octanol–water partition coefficient (Wildman–Crippen LogP) is 2.93. The van der Waals surface area contributed by atoms with Crippen molar-refractivity contribution < 1.29 is 19.1 Å². The number of aromatic carboxylic acids is 1. The minimum Gasteiger partial charge on any atom is -0.475 e. The second-order valence-electron chi connectivity index (χ2n) is 4.94. The minimum absolute atomic E-state index is 0.0317. The van der Waals surface area contributed by atoms with Crippen LogP contribution in [0.5, 0.6) is 0 Å². The predicted molar refractivity (Wildman–Crippen MR) is 59.4 cm³/mol. The van der Waals surface area contributed by atoms with Crippen molar-refractivity contribution >= 4 is 5.97 Å². The van der Waals surface area contributed by atoms with E-state index in [1.165, 1.54) is 6.26 Å². The Kier molecular flexibility index (Phi) is 4.12. The van der Waals surface area contributed by atoms with E-state index in [1.54, 1.807) is 6.07 Å². The lowest BCUT2D eigenvalue weighted by Crippen LogP contribution is -2.10. The van der Waals surface area contributed by atoms with Gasteiger partial charge in [0.05, 0.1) is 12.9 Å². The Labute approximate surface area is 95.2 Å². The molecule has 1 aromatic heterocycles. The quantitative estimate of drug-likeness (QED) is 0.784. The summed E-state index contributed by atoms with van der Waals surface area (Å²) >= 11 is 0. The van der Waals surface area contributed by atoms with Gasteiger partial charge in [0.2, 0.25) is 5.76 Å². The average Bonchev–Trinajstić information content (AvgIpc) is 2.58. The molecule has 0 atom stereocenters. The smallest absolute Gasteiger partial charge is 0.372 e. The van der Waals surface area contributed by atoms with Crippen molar-refractivity contribution in [3.8, 4) is 0 Å². The van der Waals surface area contributed by atoms with Crippen LogP contribution in [0.15, 0.2) is 16.7 Å². The van der Waals surface area contributed by atoms with Gasteiger partial charge in [0.25, 0.3) is 0 Å². The Morgan fingerprint density at radius 1 is 1.50 bits per heavy atom. The number of furan rings is 1. The third kappa shape index (κ3) is 4.06. The van der Waals surface area contributed by atoms with Gasteiger partial charge in [-0.25, -0.2) is 4.79 Å². The number of ether oxygens (including phenoxy) is 1. The van der Waals surface area contributed by atoms with Crippen LogP contribution in [0.2, 0.25) is 0 Å². The molecule has 4 heteroatoms. The summed E-state index contributed by atoms with van der Waals surface area (Å²) in [7, 11) is 0. The first-order valence-corrected chi connectivity index (χ1v) is 5.27. The molecule has 1 N–H and O–H groups in total. The molecule has 0 saturated carbocycles. The molecular weight excluding hydrogens is 208 g/mol. The molecule has 0 spiro atoms. The number of carbonyl (C=O) groups is 1. The van der Waals surface area contributed by atoms with Gasteiger partial charge in [-0.15, -0.1) is 0 Å². The molecule has 16 heavy (non-hydrogen) atoms. The maximum absolute atomic E-state index is 10.7. The molecule has 0 saturated heterocycles. The summed E-state index contributed by atoms with van der Waals surface area (Å²) in [5.74, 6) is -1.09. The van der Waals surface area contributed by atoms with E-state index in [9.17, 15) is 4.79 Å². The maximum Gasteiger partial charge on any atom is 0.372 e. The van der Waals surface area contributed by atoms with Crippen LogP contribution in [0.3, 0.4) is 0 Å². The highest BCUT2D eigenvalue weighted by Crippen LogP contribution is 2.19. The van der Waals surface area contributed by atoms with E-state index in [4.69, 9.17) is 14.3 Å². The Morgan fingerprint density at radius 3 is 2.75 bits per heavy atom. The van der Waals surface area contributed by atoms with Crippen LogP contribution < -0.4 is 0 Å². The molecule has 90 valence electrons. The number of rotatable bonds is 5. The highest BCUT2D eigenvalue weighted by atomic mass is 16.5. The Morgan fingerprint density at radius 2 is 2.19 bits per heavy atom. The summed E-state index contributed by atoms with van der Waals surface area (Å²) in [6.45, 7) is 7.31. The van der Waals surface area contributed by atoms with Gasteiger partial charge in [-0.05, 0) is 17.9 Å². The molecule has 0 bridgehead atoms. The zero-order valence-corrected chi connectivity index (χ0v) is 9.95. The zero-order chi connectivity index (χ0) is 12.2. The fraction of sp³-hybridized carbons (Fsp3) is 0.583. The average molecular weight is 226 g/mol. The molecule has 0 aliphatic heterocycles. The zero-order valence-electron chi connectivity index (χ0n) is 9.95. The monoisotopic (exact) mass is 226 g/mol. The molecule has 0 amide bonds. The number of carboxylic acid groups (broad SMARTS) is 1. The van der Waals surface area contributed by atoms with E-state index in [0.717, 1.165) is 6.42 Å². The molecule has 0 fully saturated rings. The van der Waals surface area contributed by atoms with Gasteiger partial charge in [-0.3, -0.25) is 0 Å². The minimum atomic E-state index is -1.06. The summed E-state index contributed by atoms with van der Waals surface area (Å²) in [6.07, 6.45) is 2.30. The SMILES string of the molecule is CC(C)(C)CCOCc1ccoc1C(=O)O. The summed E-state index contributed by atoms with van der Waals surface area (Å²) in [4.78, 5) is 10.7. The van der Waals surface area contributed by atoms with Gasteiger partial charge in [-0.1, -0.05) is 20.8 Å². The number of carboxylic acids is 1. The van der Waals surface area contributed by atoms with E-state index in [0.29, 0.717) is 12.2 Å². The molecular formula is C12H18O4. The topological polar surface area (TPSA) is 59.7 Å². The van der Waals surface area contributed by atoms with Gasteiger partial charge in [-0.2, -0.15) is 0 Å². The van der Waals surface area contributed by atoms with Gasteiger partial charge in [0.1, 0.15) is 0 Å². The van der Waals surface area contributed by atoms with Crippen molar-refractivity contribution in [2.45, 2.75) is 33.8 Å². The fourth-order valence-corrected chi connectivity index (χ4v) is 1.20. The Balaban J connectivity index is 2.38. The van der Waals surface area contributed by atoms with E-state index in [1.807, 2.05) is 0 Å². The molecule has 0 aliphatic rings. The molecule has 0 aliphatic carbocycles. The van der Waals surface area contributed by atoms with Crippen molar-refractivity contribution in [1.82, 2.24) is 0 Å². The summed E-state index contributed by atoms with van der Waals surface area (Å²) in [6, 6.07) is 1.63. The first-order valence-electron chi connectivity index (χ1n) is 5.27. The largest absolute Gasteiger partial charge is 0.475 e. The Hall–Kier alpha value is -1.29. The van der Waals surface area contributed by atoms with Crippen LogP contribution in [0, 0.1) is 5.41 Å². The standard InChI is InChI=1S/C12H18O4/c1-12(2,3)5-7-15-8-9-4-6-16-10(9)11(13)14/h4,6H,5,7-8H2,1-3H3,(H,13,14). The number of hydrogen-bond acceptors (Lipinski definition) is 3. The Bertz CT molecular complexity index is 346. The highest BCUT2D eigenvalue weighted by Gasteiger charge is 2.14. The van der Waals surface area contributed by atoms with Crippen molar-refractivity contribution in [2.75, 3.05) is 6.61 Å². The normalized spacial score (nSPS) is 11.7. The summed E-state index contributed by atoms with van der Waals surface area (Å²) in [5.41, 5.74) is 0.813. The van der Waals surface area contributed by atoms with Crippen LogP contribution in [0.4, 0.5) is 0 Å². The van der Waals surface area contributed by atoms with Gasteiger partial charge in [0.15, 0.2) is 0 Å². The molecule has 0 radical (unpaired) electrons. The highest BCUT2D eigenvalue weighted by molar-refractivity contribution is 5.85. The van der Waals surface area contributed by atoms with E-state index < -0.39 is 5.97 Å². The molecule has 4 nitrogen and oxygen atoms in total. The van der Waals surface area contributed by atoms with Crippen LogP contribution in [-0.4, -0.2) is 17.7 Å². The molecule has 0 unspecified atom stereocenters. The van der Waals surface area contributed by atoms with Crippen molar-refractivity contribution in [2.24, 2.45) is 5.41 Å². The third-order valence-electron chi connectivity index (χ3n) is 2.19. The first-order chi connectivity index (χ1) is 7.40. The molecule has 1 heterocycles. The molecule has 1 rings (SSSR count). The lowest BCUT2D eigenvalue weighted by molar-refractivity contribution is 0.0643. The van der Waals surface area contributed by atoms with Crippen molar-refractivity contribution in [3.63, 3.8) is 0 Å². The number of hydrogen-bond donors (Lipinski definition) is 1. The maximum atomic E-state index is 10.7. The van der Waals surface area contributed by atoms with E-state index in [2.05, 4.69) is 20.8 Å². The van der Waals surface area contributed by atoms with Gasteiger partial charge < -0.3 is 14.3 Å². The summed E-state index contributed by atoms with van der Waals surface area (Å²) in [5, 5.41) is 8.79. The summed E-state index contributed by atoms with van der Waals surface area (Å²) < 4.78 is 10.3. The van der Waals surface area contributed by atoms with Gasteiger partial charge in [0, 0.05) is 12.2 Å². The lowest BCUT2D eigenvalue weighted by atomic mass is 9.93. The fourth-order valence-electron chi connectivity index (χ4n) is 1.20. The van der Waals surface area contributed by atoms with Gasteiger partial charge >= 0.3 is 5.97 Å². The van der Waals surface area contributed by atoms with E-state index in [-0.39, 0.29) is 17.8 Å². The second-order valence-corrected chi connectivity index (χ2v) is 4.94.